The fourth-order valence-electron chi connectivity index (χ4n) is 2.67. The number of ketones is 1. The molecule has 0 radical (unpaired) electrons. The van der Waals surface area contributed by atoms with Gasteiger partial charge >= 0.3 is 0 Å². The van der Waals surface area contributed by atoms with Crippen molar-refractivity contribution in [2.45, 2.75) is 58.3 Å². The Balaban J connectivity index is 1.76. The molecule has 3 heteroatoms. The second-order valence-corrected chi connectivity index (χ2v) is 5.62. The number of carbonyl (C=O) groups is 1. The number of hydrogen-bond donors (Lipinski definition) is 0. The first-order chi connectivity index (χ1) is 10.3. The molecule has 1 aromatic carbocycles. The van der Waals surface area contributed by atoms with Crippen molar-refractivity contribution in [2.24, 2.45) is 0 Å². The smallest absolute Gasteiger partial charge is 0.172 e. The molecule has 0 amide bonds. The number of Topliss-reactive ketones (excluding diaryl/α,β-unsaturated/α-hetero) is 1. The monoisotopic (exact) mass is 290 g/mol. The van der Waals surface area contributed by atoms with Gasteiger partial charge in [-0.1, -0.05) is 51.5 Å². The van der Waals surface area contributed by atoms with Crippen LogP contribution >= 0.6 is 0 Å². The fraction of sp³-hybridized carbons (Fsp3) is 0.611. The van der Waals surface area contributed by atoms with Crippen molar-refractivity contribution in [1.29, 1.82) is 0 Å². The summed E-state index contributed by atoms with van der Waals surface area (Å²) in [7, 11) is 0. The summed E-state index contributed by atoms with van der Waals surface area (Å²) in [5.74, 6) is 1.51. The topological polar surface area (TPSA) is 35.5 Å². The van der Waals surface area contributed by atoms with Gasteiger partial charge in [0.2, 0.25) is 0 Å². The Hall–Kier alpha value is -1.51. The highest BCUT2D eigenvalue weighted by molar-refractivity contribution is 5.99. The molecule has 3 nitrogen and oxygen atoms in total. The van der Waals surface area contributed by atoms with Crippen LogP contribution in [0.1, 0.15) is 68.6 Å². The zero-order chi connectivity index (χ0) is 14.9. The van der Waals surface area contributed by atoms with Crippen LogP contribution < -0.4 is 9.47 Å². The Morgan fingerprint density at radius 1 is 1.00 bits per heavy atom. The van der Waals surface area contributed by atoms with Crippen LogP contribution in [0.5, 0.6) is 11.5 Å². The molecule has 0 aliphatic carbocycles. The van der Waals surface area contributed by atoms with Gasteiger partial charge in [-0.25, -0.2) is 0 Å². The highest BCUT2D eigenvalue weighted by atomic mass is 16.6. The molecule has 21 heavy (non-hydrogen) atoms. The van der Waals surface area contributed by atoms with E-state index >= 15 is 0 Å². The van der Waals surface area contributed by atoms with E-state index in [9.17, 15) is 4.79 Å². The Kier molecular flexibility index (Phi) is 6.58. The van der Waals surface area contributed by atoms with Crippen LogP contribution in [0.25, 0.3) is 0 Å². The number of rotatable bonds is 9. The molecule has 1 aromatic rings. The molecule has 1 heterocycles. The van der Waals surface area contributed by atoms with E-state index in [0.717, 1.165) is 12.8 Å². The molecule has 0 saturated heterocycles. The lowest BCUT2D eigenvalue weighted by Gasteiger charge is -2.20. The van der Waals surface area contributed by atoms with Gasteiger partial charge < -0.3 is 9.47 Å². The molecule has 0 unspecified atom stereocenters. The van der Waals surface area contributed by atoms with Gasteiger partial charge in [0.05, 0.1) is 5.56 Å². The highest BCUT2D eigenvalue weighted by Gasteiger charge is 2.19. The van der Waals surface area contributed by atoms with Gasteiger partial charge in [0.1, 0.15) is 13.2 Å². The second-order valence-electron chi connectivity index (χ2n) is 5.62. The Morgan fingerprint density at radius 2 is 1.71 bits per heavy atom. The third kappa shape index (κ3) is 4.76. The van der Waals surface area contributed by atoms with E-state index in [1.54, 1.807) is 0 Å². The van der Waals surface area contributed by atoms with Crippen molar-refractivity contribution in [3.8, 4) is 11.5 Å². The number of ether oxygens (including phenoxy) is 2. The molecular weight excluding hydrogens is 264 g/mol. The second kappa shape index (κ2) is 8.71. The van der Waals surface area contributed by atoms with Gasteiger partial charge in [-0.2, -0.15) is 0 Å². The number of fused-ring (bicyclic) bond motifs is 1. The molecule has 0 bridgehead atoms. The van der Waals surface area contributed by atoms with Gasteiger partial charge in [-0.05, 0) is 18.6 Å². The summed E-state index contributed by atoms with van der Waals surface area (Å²) in [5, 5.41) is 0. The summed E-state index contributed by atoms with van der Waals surface area (Å²) in [5.41, 5.74) is 0.679. The van der Waals surface area contributed by atoms with Crippen LogP contribution in [-0.2, 0) is 0 Å². The molecule has 116 valence electrons. The predicted octanol–water partition coefficient (Wildman–Crippen LogP) is 4.78. The third-order valence-electron chi connectivity index (χ3n) is 3.87. The molecule has 0 spiro atoms. The minimum Gasteiger partial charge on any atom is -0.486 e. The molecule has 0 N–H and O–H groups in total. The summed E-state index contributed by atoms with van der Waals surface area (Å²) in [6, 6.07) is 5.57. The lowest BCUT2D eigenvalue weighted by atomic mass is 10.0. The minimum atomic E-state index is 0.172. The summed E-state index contributed by atoms with van der Waals surface area (Å²) in [6.45, 7) is 3.31. The first-order valence-electron chi connectivity index (χ1n) is 8.24. The molecule has 1 aliphatic heterocycles. The lowest BCUT2D eigenvalue weighted by Crippen LogP contribution is -2.17. The van der Waals surface area contributed by atoms with Crippen molar-refractivity contribution in [1.82, 2.24) is 0 Å². The van der Waals surface area contributed by atoms with Crippen molar-refractivity contribution in [2.75, 3.05) is 13.2 Å². The largest absolute Gasteiger partial charge is 0.486 e. The molecule has 2 rings (SSSR count). The van der Waals surface area contributed by atoms with E-state index in [1.807, 2.05) is 18.2 Å². The maximum Gasteiger partial charge on any atom is 0.172 e. The van der Waals surface area contributed by atoms with Crippen LogP contribution in [0.15, 0.2) is 18.2 Å². The number of hydrogen-bond acceptors (Lipinski definition) is 3. The van der Waals surface area contributed by atoms with Crippen LogP contribution in [0, 0.1) is 0 Å². The zero-order valence-corrected chi connectivity index (χ0v) is 13.0. The van der Waals surface area contributed by atoms with Crippen LogP contribution in [0.3, 0.4) is 0 Å². The van der Waals surface area contributed by atoms with E-state index < -0.39 is 0 Å². The number of para-hydroxylation sites is 1. The van der Waals surface area contributed by atoms with Crippen LogP contribution in [-0.4, -0.2) is 19.0 Å². The van der Waals surface area contributed by atoms with Crippen molar-refractivity contribution in [3.05, 3.63) is 23.8 Å². The van der Waals surface area contributed by atoms with E-state index in [4.69, 9.17) is 9.47 Å². The Labute approximate surface area is 127 Å². The normalized spacial score (nSPS) is 13.2. The Bertz CT molecular complexity index is 454. The standard InChI is InChI=1S/C18H26O3/c1-2-3-4-5-6-7-8-11-16(19)15-10-9-12-17-18(15)21-14-13-20-17/h9-10,12H,2-8,11,13-14H2,1H3. The average Bonchev–Trinajstić information content (AvgIpc) is 2.53. The highest BCUT2D eigenvalue weighted by Crippen LogP contribution is 2.34. The molecule has 0 aromatic heterocycles. The summed E-state index contributed by atoms with van der Waals surface area (Å²) < 4.78 is 11.1. The van der Waals surface area contributed by atoms with Gasteiger partial charge in [0, 0.05) is 6.42 Å². The first kappa shape index (κ1) is 15.9. The minimum absolute atomic E-state index is 0.172. The third-order valence-corrected chi connectivity index (χ3v) is 3.87. The predicted molar refractivity (Wildman–Crippen MR) is 84.4 cm³/mol. The Morgan fingerprint density at radius 3 is 2.52 bits per heavy atom. The van der Waals surface area contributed by atoms with E-state index in [-0.39, 0.29) is 5.78 Å². The average molecular weight is 290 g/mol. The van der Waals surface area contributed by atoms with Gasteiger partial charge in [0.25, 0.3) is 0 Å². The van der Waals surface area contributed by atoms with Gasteiger partial charge in [-0.3, -0.25) is 4.79 Å². The van der Waals surface area contributed by atoms with Crippen LogP contribution in [0.2, 0.25) is 0 Å². The van der Waals surface area contributed by atoms with Crippen molar-refractivity contribution >= 4 is 5.78 Å². The summed E-state index contributed by atoms with van der Waals surface area (Å²) >= 11 is 0. The number of unbranched alkanes of at least 4 members (excludes halogenated alkanes) is 6. The van der Waals surface area contributed by atoms with Gasteiger partial charge in [-0.15, -0.1) is 0 Å². The van der Waals surface area contributed by atoms with Gasteiger partial charge in [0.15, 0.2) is 17.3 Å². The van der Waals surface area contributed by atoms with Crippen molar-refractivity contribution in [3.63, 3.8) is 0 Å². The van der Waals surface area contributed by atoms with Crippen LogP contribution in [0.4, 0.5) is 0 Å². The quantitative estimate of drug-likeness (QED) is 0.485. The molecule has 0 saturated carbocycles. The SMILES string of the molecule is CCCCCCCCCC(=O)c1cccc2c1OCCO2. The number of carbonyl (C=O) groups excluding carboxylic acids is 1. The molecule has 1 aliphatic rings. The van der Waals surface area contributed by atoms with E-state index in [1.165, 1.54) is 32.1 Å². The maximum atomic E-state index is 12.3. The van der Waals surface area contributed by atoms with E-state index in [0.29, 0.717) is 36.7 Å². The van der Waals surface area contributed by atoms with Crippen molar-refractivity contribution < 1.29 is 14.3 Å². The lowest BCUT2D eigenvalue weighted by molar-refractivity contribution is 0.0968. The number of benzene rings is 1. The zero-order valence-electron chi connectivity index (χ0n) is 13.0. The fourth-order valence-corrected chi connectivity index (χ4v) is 2.67. The molecule has 0 atom stereocenters. The van der Waals surface area contributed by atoms with E-state index in [2.05, 4.69) is 6.92 Å². The summed E-state index contributed by atoms with van der Waals surface area (Å²) in [4.78, 5) is 12.3. The first-order valence-corrected chi connectivity index (χ1v) is 8.24. The molecular formula is C18H26O3. The molecule has 0 fully saturated rings. The summed E-state index contributed by atoms with van der Waals surface area (Å²) in [6.07, 6.45) is 9.17. The maximum absolute atomic E-state index is 12.3.